The normalized spacial score (nSPS) is 24.4. The molecule has 0 saturated carbocycles. The van der Waals surface area contributed by atoms with Gasteiger partial charge in [0.2, 0.25) is 0 Å². The maximum absolute atomic E-state index is 9.08. The Labute approximate surface area is 102 Å². The van der Waals surface area contributed by atoms with E-state index >= 15 is 0 Å². The summed E-state index contributed by atoms with van der Waals surface area (Å²) < 4.78 is 0. The summed E-state index contributed by atoms with van der Waals surface area (Å²) in [5, 5.41) is 9.08. The van der Waals surface area contributed by atoms with E-state index in [0.717, 1.165) is 31.7 Å². The Kier molecular flexibility index (Phi) is 3.60. The number of nitrogens with zero attached hydrogens (tertiary/aromatic N) is 3. The molecule has 0 bridgehead atoms. The molecule has 1 aliphatic heterocycles. The molecular weight excluding hydrogens is 212 g/mol. The van der Waals surface area contributed by atoms with Gasteiger partial charge in [-0.15, -0.1) is 0 Å². The summed E-state index contributed by atoms with van der Waals surface area (Å²) in [6.45, 7) is 3.96. The van der Waals surface area contributed by atoms with E-state index in [-0.39, 0.29) is 6.04 Å². The molecular formula is C13H18N4. The van der Waals surface area contributed by atoms with E-state index in [0.29, 0.717) is 11.5 Å². The molecule has 0 aliphatic carbocycles. The van der Waals surface area contributed by atoms with Crippen molar-refractivity contribution < 1.29 is 0 Å². The van der Waals surface area contributed by atoms with Crippen molar-refractivity contribution in [3.8, 4) is 6.07 Å². The Morgan fingerprint density at radius 1 is 1.65 bits per heavy atom. The number of piperidine rings is 1. The van der Waals surface area contributed by atoms with E-state index in [1.165, 1.54) is 0 Å². The van der Waals surface area contributed by atoms with Crippen LogP contribution in [0, 0.1) is 17.2 Å². The Balaban J connectivity index is 2.21. The zero-order chi connectivity index (χ0) is 12.3. The molecule has 1 aromatic rings. The van der Waals surface area contributed by atoms with Crippen molar-refractivity contribution in [2.24, 2.45) is 11.7 Å². The molecule has 0 spiro atoms. The molecule has 2 atom stereocenters. The minimum atomic E-state index is 0.283. The first-order chi connectivity index (χ1) is 8.26. The summed E-state index contributed by atoms with van der Waals surface area (Å²) in [5.41, 5.74) is 6.74. The third-order valence-electron chi connectivity index (χ3n) is 3.52. The van der Waals surface area contributed by atoms with E-state index in [4.69, 9.17) is 11.0 Å². The average Bonchev–Trinajstić information content (AvgIpc) is 2.39. The van der Waals surface area contributed by atoms with Crippen LogP contribution in [0.4, 0.5) is 5.82 Å². The van der Waals surface area contributed by atoms with Gasteiger partial charge in [0.25, 0.3) is 0 Å². The van der Waals surface area contributed by atoms with Crippen LogP contribution in [0.5, 0.6) is 0 Å². The van der Waals surface area contributed by atoms with Gasteiger partial charge in [-0.05, 0) is 24.5 Å². The molecule has 4 heteroatoms. The van der Waals surface area contributed by atoms with Crippen molar-refractivity contribution in [2.75, 3.05) is 18.0 Å². The van der Waals surface area contributed by atoms with Crippen LogP contribution < -0.4 is 10.6 Å². The molecule has 0 aromatic carbocycles. The summed E-state index contributed by atoms with van der Waals surface area (Å²) in [6.07, 6.45) is 3.79. The van der Waals surface area contributed by atoms with Gasteiger partial charge in [0.1, 0.15) is 11.9 Å². The van der Waals surface area contributed by atoms with E-state index in [9.17, 15) is 0 Å². The molecule has 4 nitrogen and oxygen atoms in total. The monoisotopic (exact) mass is 230 g/mol. The van der Waals surface area contributed by atoms with Crippen molar-refractivity contribution in [3.05, 3.63) is 23.9 Å². The molecule has 1 aliphatic rings. The van der Waals surface area contributed by atoms with Crippen molar-refractivity contribution >= 4 is 5.82 Å². The second-order valence-corrected chi connectivity index (χ2v) is 4.55. The van der Waals surface area contributed by atoms with Gasteiger partial charge < -0.3 is 10.6 Å². The topological polar surface area (TPSA) is 65.9 Å². The lowest BCUT2D eigenvalue weighted by molar-refractivity contribution is 0.346. The minimum absolute atomic E-state index is 0.283. The number of hydrogen-bond donors (Lipinski definition) is 1. The Morgan fingerprint density at radius 2 is 2.47 bits per heavy atom. The Hall–Kier alpha value is -1.60. The zero-order valence-corrected chi connectivity index (χ0v) is 10.1. The second kappa shape index (κ2) is 5.15. The van der Waals surface area contributed by atoms with Crippen molar-refractivity contribution in [2.45, 2.75) is 25.8 Å². The average molecular weight is 230 g/mol. The fourth-order valence-corrected chi connectivity index (χ4v) is 2.41. The number of nitriles is 1. The maximum Gasteiger partial charge on any atom is 0.146 e. The van der Waals surface area contributed by atoms with Crippen LogP contribution in [0.15, 0.2) is 18.3 Å². The molecule has 1 fully saturated rings. The first-order valence-corrected chi connectivity index (χ1v) is 6.12. The fourth-order valence-electron chi connectivity index (χ4n) is 2.41. The van der Waals surface area contributed by atoms with E-state index in [2.05, 4.69) is 22.9 Å². The highest BCUT2D eigenvalue weighted by Crippen LogP contribution is 2.24. The van der Waals surface area contributed by atoms with Crippen LogP contribution in [0.3, 0.4) is 0 Å². The third kappa shape index (κ3) is 2.40. The molecule has 90 valence electrons. The molecule has 2 N–H and O–H groups in total. The lowest BCUT2D eigenvalue weighted by Crippen LogP contribution is -2.47. The van der Waals surface area contributed by atoms with Crippen molar-refractivity contribution in [3.63, 3.8) is 0 Å². The molecule has 0 amide bonds. The lowest BCUT2D eigenvalue weighted by atomic mass is 9.90. The second-order valence-electron chi connectivity index (χ2n) is 4.55. The molecule has 2 rings (SSSR count). The lowest BCUT2D eigenvalue weighted by Gasteiger charge is -2.37. The highest BCUT2D eigenvalue weighted by molar-refractivity contribution is 5.53. The highest BCUT2D eigenvalue weighted by Gasteiger charge is 2.26. The van der Waals surface area contributed by atoms with Gasteiger partial charge in [0.15, 0.2) is 0 Å². The Morgan fingerprint density at radius 3 is 3.18 bits per heavy atom. The van der Waals surface area contributed by atoms with Crippen LogP contribution in [0.1, 0.15) is 25.3 Å². The number of pyridine rings is 1. The number of nitrogens with two attached hydrogens (primary N) is 1. The molecule has 2 heterocycles. The Bertz CT molecular complexity index is 424. The first-order valence-electron chi connectivity index (χ1n) is 6.12. The van der Waals surface area contributed by atoms with Crippen LogP contribution >= 0.6 is 0 Å². The van der Waals surface area contributed by atoms with Gasteiger partial charge >= 0.3 is 0 Å². The summed E-state index contributed by atoms with van der Waals surface area (Å²) in [4.78, 5) is 6.52. The van der Waals surface area contributed by atoms with E-state index in [1.54, 1.807) is 12.3 Å². The number of aromatic nitrogens is 1. The van der Waals surface area contributed by atoms with Crippen molar-refractivity contribution in [1.82, 2.24) is 4.98 Å². The van der Waals surface area contributed by atoms with Gasteiger partial charge in [-0.25, -0.2) is 4.98 Å². The fraction of sp³-hybridized carbons (Fsp3) is 0.538. The van der Waals surface area contributed by atoms with E-state index in [1.807, 2.05) is 6.07 Å². The highest BCUT2D eigenvalue weighted by atomic mass is 15.2. The van der Waals surface area contributed by atoms with Gasteiger partial charge in [0, 0.05) is 25.3 Å². The largest absolute Gasteiger partial charge is 0.355 e. The molecule has 1 saturated heterocycles. The molecule has 17 heavy (non-hydrogen) atoms. The maximum atomic E-state index is 9.08. The zero-order valence-electron chi connectivity index (χ0n) is 10.1. The smallest absolute Gasteiger partial charge is 0.146 e. The number of anilines is 1. The summed E-state index contributed by atoms with van der Waals surface area (Å²) in [6, 6.07) is 6.10. The number of hydrogen-bond acceptors (Lipinski definition) is 4. The third-order valence-corrected chi connectivity index (χ3v) is 3.52. The summed E-state index contributed by atoms with van der Waals surface area (Å²) in [5.74, 6) is 1.30. The van der Waals surface area contributed by atoms with Gasteiger partial charge in [-0.3, -0.25) is 0 Å². The molecule has 1 aromatic heterocycles. The minimum Gasteiger partial charge on any atom is -0.355 e. The van der Waals surface area contributed by atoms with Gasteiger partial charge in [-0.2, -0.15) is 5.26 Å². The number of rotatable bonds is 2. The summed E-state index contributed by atoms with van der Waals surface area (Å²) in [7, 11) is 0. The van der Waals surface area contributed by atoms with Crippen LogP contribution in [-0.2, 0) is 0 Å². The first kappa shape index (κ1) is 11.9. The van der Waals surface area contributed by atoms with Gasteiger partial charge in [0.05, 0.1) is 5.56 Å². The van der Waals surface area contributed by atoms with Crippen LogP contribution in [-0.4, -0.2) is 24.1 Å². The van der Waals surface area contributed by atoms with Crippen LogP contribution in [0.25, 0.3) is 0 Å². The van der Waals surface area contributed by atoms with E-state index < -0.39 is 0 Å². The standard InChI is InChI=1S/C13H18N4/c1-2-10-9-17(7-5-12(10)15)13-11(8-14)4-3-6-16-13/h3-4,6,10,12H,2,5,7,9,15H2,1H3. The SMILES string of the molecule is CCC1CN(c2ncccc2C#N)CCC1N. The predicted molar refractivity (Wildman–Crippen MR) is 67.5 cm³/mol. The quantitative estimate of drug-likeness (QED) is 0.836. The van der Waals surface area contributed by atoms with Crippen LogP contribution in [0.2, 0.25) is 0 Å². The van der Waals surface area contributed by atoms with Crippen molar-refractivity contribution in [1.29, 1.82) is 5.26 Å². The molecule has 2 unspecified atom stereocenters. The predicted octanol–water partition coefficient (Wildman–Crippen LogP) is 1.52. The molecule has 0 radical (unpaired) electrons. The van der Waals surface area contributed by atoms with Gasteiger partial charge in [-0.1, -0.05) is 13.3 Å². The summed E-state index contributed by atoms with van der Waals surface area (Å²) >= 11 is 0.